The molecule has 1 aromatic heterocycles. The van der Waals surface area contributed by atoms with E-state index in [-0.39, 0.29) is 23.9 Å². The summed E-state index contributed by atoms with van der Waals surface area (Å²) in [6.45, 7) is 12.9. The first-order valence-electron chi connectivity index (χ1n) is 12.6. The van der Waals surface area contributed by atoms with Crippen LogP contribution in [0, 0.1) is 20.8 Å². The summed E-state index contributed by atoms with van der Waals surface area (Å²) in [5.41, 5.74) is 5.33. The van der Waals surface area contributed by atoms with Gasteiger partial charge in [0.25, 0.3) is 0 Å². The summed E-state index contributed by atoms with van der Waals surface area (Å²) in [6.07, 6.45) is 0.611. The summed E-state index contributed by atoms with van der Waals surface area (Å²) in [6, 6.07) is 15.4. The molecule has 8 heteroatoms. The molecule has 3 rings (SSSR count). The Kier molecular flexibility index (Phi) is 9.10. The lowest BCUT2D eigenvalue weighted by Gasteiger charge is -2.24. The molecule has 0 saturated carbocycles. The van der Waals surface area contributed by atoms with Crippen molar-refractivity contribution >= 4 is 23.4 Å². The van der Waals surface area contributed by atoms with Crippen LogP contribution in [-0.4, -0.2) is 53.4 Å². The maximum absolute atomic E-state index is 13.2. The average molecular weight is 506 g/mol. The second-order valence-corrected chi connectivity index (χ2v) is 10.4. The van der Waals surface area contributed by atoms with Gasteiger partial charge in [0.05, 0.1) is 11.4 Å². The van der Waals surface area contributed by atoms with Crippen molar-refractivity contribution in [1.29, 1.82) is 0 Å². The van der Waals surface area contributed by atoms with Crippen LogP contribution in [0.1, 0.15) is 49.6 Å². The van der Waals surface area contributed by atoms with E-state index in [1.165, 1.54) is 4.90 Å². The number of para-hydroxylation sites is 1. The Morgan fingerprint density at radius 3 is 2.24 bits per heavy atom. The smallest absolute Gasteiger partial charge is 0.322 e. The number of hydrogen-bond donors (Lipinski definition) is 2. The Bertz CT molecular complexity index is 1210. The Balaban J connectivity index is 1.82. The summed E-state index contributed by atoms with van der Waals surface area (Å²) in [7, 11) is 1.62. The molecule has 37 heavy (non-hydrogen) atoms. The lowest BCUT2D eigenvalue weighted by Crippen LogP contribution is -2.41. The van der Waals surface area contributed by atoms with Gasteiger partial charge in [0.1, 0.15) is 12.4 Å². The zero-order valence-corrected chi connectivity index (χ0v) is 23.0. The number of rotatable bonds is 9. The molecule has 0 bridgehead atoms. The Morgan fingerprint density at radius 2 is 1.65 bits per heavy atom. The van der Waals surface area contributed by atoms with Crippen molar-refractivity contribution in [1.82, 2.24) is 14.7 Å². The second kappa shape index (κ2) is 12.1. The van der Waals surface area contributed by atoms with E-state index in [9.17, 15) is 9.59 Å². The molecular weight excluding hydrogens is 466 g/mol. The number of nitrogens with zero attached hydrogens (tertiary/aromatic N) is 3. The van der Waals surface area contributed by atoms with Gasteiger partial charge in [-0.05, 0) is 50.5 Å². The number of anilines is 2. The molecule has 0 radical (unpaired) electrons. The fourth-order valence-corrected chi connectivity index (χ4v) is 3.92. The molecule has 3 amide bonds. The summed E-state index contributed by atoms with van der Waals surface area (Å²) in [4.78, 5) is 28.0. The van der Waals surface area contributed by atoms with Crippen molar-refractivity contribution in [3.63, 3.8) is 0 Å². The van der Waals surface area contributed by atoms with Crippen LogP contribution in [0.5, 0.6) is 0 Å². The third-order valence-electron chi connectivity index (χ3n) is 6.14. The minimum absolute atomic E-state index is 0.107. The van der Waals surface area contributed by atoms with Gasteiger partial charge in [0.15, 0.2) is 0 Å². The number of aromatic nitrogens is 2. The van der Waals surface area contributed by atoms with Gasteiger partial charge < -0.3 is 20.3 Å². The topological polar surface area (TPSA) is 88.5 Å². The van der Waals surface area contributed by atoms with Gasteiger partial charge in [-0.2, -0.15) is 5.10 Å². The van der Waals surface area contributed by atoms with E-state index in [0.29, 0.717) is 25.4 Å². The van der Waals surface area contributed by atoms with Crippen molar-refractivity contribution in [2.75, 3.05) is 37.4 Å². The first-order valence-corrected chi connectivity index (χ1v) is 12.6. The zero-order valence-electron chi connectivity index (χ0n) is 23.0. The van der Waals surface area contributed by atoms with Gasteiger partial charge in [-0.3, -0.25) is 4.79 Å². The Hall–Kier alpha value is -3.65. The normalized spacial score (nSPS) is 11.3. The summed E-state index contributed by atoms with van der Waals surface area (Å²) < 4.78 is 6.91. The van der Waals surface area contributed by atoms with E-state index in [2.05, 4.69) is 31.4 Å². The number of amides is 3. The van der Waals surface area contributed by atoms with Crippen molar-refractivity contribution < 1.29 is 14.3 Å². The molecular formula is C29H39N5O3. The predicted octanol–water partition coefficient (Wildman–Crippen LogP) is 5.60. The number of aryl methyl sites for hydroxylation is 3. The number of nitrogens with one attached hydrogen (secondary N) is 2. The van der Waals surface area contributed by atoms with Gasteiger partial charge in [0.2, 0.25) is 5.91 Å². The Morgan fingerprint density at radius 1 is 1.00 bits per heavy atom. The number of benzene rings is 2. The van der Waals surface area contributed by atoms with Crippen LogP contribution in [-0.2, 0) is 14.9 Å². The molecule has 0 saturated heterocycles. The molecule has 0 unspecified atom stereocenters. The number of methoxy groups -OCH3 is 1. The van der Waals surface area contributed by atoms with Gasteiger partial charge in [-0.15, -0.1) is 0 Å². The van der Waals surface area contributed by atoms with Crippen molar-refractivity contribution in [2.24, 2.45) is 0 Å². The number of hydrogen-bond acceptors (Lipinski definition) is 4. The van der Waals surface area contributed by atoms with Gasteiger partial charge >= 0.3 is 6.03 Å². The van der Waals surface area contributed by atoms with Crippen LogP contribution in [0.2, 0.25) is 0 Å². The summed E-state index contributed by atoms with van der Waals surface area (Å²) in [5, 5.41) is 10.8. The highest BCUT2D eigenvalue weighted by molar-refractivity contribution is 5.97. The van der Waals surface area contributed by atoms with Crippen LogP contribution in [0.15, 0.2) is 48.5 Å². The van der Waals surface area contributed by atoms with Crippen LogP contribution in [0.3, 0.4) is 0 Å². The number of carbonyl (C=O) groups is 2. The highest BCUT2D eigenvalue weighted by Gasteiger charge is 2.23. The summed E-state index contributed by atoms with van der Waals surface area (Å²) in [5.74, 6) is 0.258. The maximum Gasteiger partial charge on any atom is 0.322 e. The minimum atomic E-state index is -0.328. The SMILES string of the molecule is COCCCN(CC(=O)Nc1cc(C(C)(C)C)nn1-c1ccc(C)cc1)C(=O)Nc1c(C)cccc1C. The molecule has 0 atom stereocenters. The van der Waals surface area contributed by atoms with E-state index in [4.69, 9.17) is 9.84 Å². The first kappa shape index (κ1) is 27.9. The van der Waals surface area contributed by atoms with E-state index in [1.54, 1.807) is 11.8 Å². The third-order valence-corrected chi connectivity index (χ3v) is 6.14. The van der Waals surface area contributed by atoms with Crippen molar-refractivity contribution in [3.8, 4) is 5.69 Å². The number of urea groups is 1. The van der Waals surface area contributed by atoms with Gasteiger partial charge in [0, 0.05) is 37.4 Å². The van der Waals surface area contributed by atoms with Crippen molar-refractivity contribution in [3.05, 3.63) is 70.9 Å². The molecule has 0 spiro atoms. The van der Waals surface area contributed by atoms with Crippen molar-refractivity contribution in [2.45, 2.75) is 53.4 Å². The largest absolute Gasteiger partial charge is 0.385 e. The minimum Gasteiger partial charge on any atom is -0.385 e. The lowest BCUT2D eigenvalue weighted by atomic mass is 9.92. The highest BCUT2D eigenvalue weighted by Crippen LogP contribution is 2.26. The quantitative estimate of drug-likeness (QED) is 0.370. The Labute approximate surface area is 220 Å². The molecule has 0 fully saturated rings. The fraction of sp³-hybridized carbons (Fsp3) is 0.414. The molecule has 0 aliphatic heterocycles. The lowest BCUT2D eigenvalue weighted by molar-refractivity contribution is -0.116. The van der Waals surface area contributed by atoms with E-state index >= 15 is 0 Å². The van der Waals surface area contributed by atoms with Crippen LogP contribution >= 0.6 is 0 Å². The molecule has 0 aliphatic rings. The second-order valence-electron chi connectivity index (χ2n) is 10.4. The average Bonchev–Trinajstić information content (AvgIpc) is 3.25. The predicted molar refractivity (Wildman–Crippen MR) is 149 cm³/mol. The molecule has 2 N–H and O–H groups in total. The molecule has 3 aromatic rings. The molecule has 8 nitrogen and oxygen atoms in total. The highest BCUT2D eigenvalue weighted by atomic mass is 16.5. The van der Waals surface area contributed by atoms with Gasteiger partial charge in [-0.25, -0.2) is 9.48 Å². The standard InChI is InChI=1S/C29H39N5O3/c1-20-12-14-23(15-13-20)34-25(18-24(32-34)29(4,5)6)30-26(35)19-33(16-9-17-37-7)28(36)31-27-21(2)10-8-11-22(27)3/h8,10-15,18H,9,16-17,19H2,1-7H3,(H,30,35)(H,31,36). The first-order chi connectivity index (χ1) is 17.5. The van der Waals surface area contributed by atoms with E-state index < -0.39 is 0 Å². The van der Waals surface area contributed by atoms with Gasteiger partial charge in [-0.1, -0.05) is 56.7 Å². The fourth-order valence-electron chi connectivity index (χ4n) is 3.92. The van der Waals surface area contributed by atoms with Crippen LogP contribution in [0.4, 0.5) is 16.3 Å². The molecule has 198 valence electrons. The molecule has 1 heterocycles. The van der Waals surface area contributed by atoms with E-state index in [0.717, 1.165) is 33.8 Å². The number of carbonyl (C=O) groups excluding carboxylic acids is 2. The molecule has 0 aliphatic carbocycles. The molecule has 2 aromatic carbocycles. The zero-order chi connectivity index (χ0) is 27.2. The van der Waals surface area contributed by atoms with Crippen LogP contribution in [0.25, 0.3) is 5.69 Å². The number of ether oxygens (including phenoxy) is 1. The van der Waals surface area contributed by atoms with Crippen LogP contribution < -0.4 is 10.6 Å². The van der Waals surface area contributed by atoms with E-state index in [1.807, 2.05) is 69.3 Å². The third kappa shape index (κ3) is 7.43. The maximum atomic E-state index is 13.2. The monoisotopic (exact) mass is 505 g/mol. The summed E-state index contributed by atoms with van der Waals surface area (Å²) >= 11 is 0.